The van der Waals surface area contributed by atoms with Crippen molar-refractivity contribution in [3.05, 3.63) is 0 Å². The maximum atomic E-state index is 2.36. The molecule has 0 saturated heterocycles. The highest BCUT2D eigenvalue weighted by molar-refractivity contribution is 7.98. The molecule has 0 N–H and O–H groups in total. The zero-order valence-electron chi connectivity index (χ0n) is 9.38. The van der Waals surface area contributed by atoms with Crippen LogP contribution in [0.25, 0.3) is 0 Å². The molecule has 0 aromatic rings. The topological polar surface area (TPSA) is 0 Å². The smallest absolute Gasteiger partial charge is 0.00392 e. The molecule has 1 aliphatic carbocycles. The van der Waals surface area contributed by atoms with Gasteiger partial charge in [-0.1, -0.05) is 39.5 Å². The Morgan fingerprint density at radius 1 is 1.23 bits per heavy atom. The van der Waals surface area contributed by atoms with Gasteiger partial charge in [-0.05, 0) is 36.2 Å². The highest BCUT2D eigenvalue weighted by Crippen LogP contribution is 2.35. The highest BCUT2D eigenvalue weighted by atomic mass is 32.2. The van der Waals surface area contributed by atoms with Crippen molar-refractivity contribution in [3.8, 4) is 0 Å². The number of hydrogen-bond donors (Lipinski definition) is 0. The summed E-state index contributed by atoms with van der Waals surface area (Å²) >= 11 is 2.04. The summed E-state index contributed by atoms with van der Waals surface area (Å²) in [6.07, 6.45) is 9.71. The SMILES string of the molecule is CSCC(CC(C)C)C1CCCC1. The summed E-state index contributed by atoms with van der Waals surface area (Å²) in [5.41, 5.74) is 0. The third kappa shape index (κ3) is 3.93. The quantitative estimate of drug-likeness (QED) is 0.641. The van der Waals surface area contributed by atoms with Crippen LogP contribution >= 0.6 is 11.8 Å². The van der Waals surface area contributed by atoms with E-state index in [0.29, 0.717) is 0 Å². The third-order valence-corrected chi connectivity index (χ3v) is 3.98. The Bertz CT molecular complexity index is 125. The van der Waals surface area contributed by atoms with E-state index in [9.17, 15) is 0 Å². The van der Waals surface area contributed by atoms with Crippen LogP contribution in [0.4, 0.5) is 0 Å². The van der Waals surface area contributed by atoms with Gasteiger partial charge in [-0.25, -0.2) is 0 Å². The standard InChI is InChI=1S/C12H24S/c1-10(2)8-12(9-13-3)11-6-4-5-7-11/h10-12H,4-9H2,1-3H3. The van der Waals surface area contributed by atoms with E-state index < -0.39 is 0 Å². The van der Waals surface area contributed by atoms with Crippen LogP contribution < -0.4 is 0 Å². The third-order valence-electron chi connectivity index (χ3n) is 3.22. The zero-order valence-corrected chi connectivity index (χ0v) is 10.2. The van der Waals surface area contributed by atoms with Gasteiger partial charge in [0, 0.05) is 0 Å². The molecule has 1 heteroatoms. The molecule has 0 aromatic heterocycles. The lowest BCUT2D eigenvalue weighted by atomic mass is 9.86. The summed E-state index contributed by atoms with van der Waals surface area (Å²) in [7, 11) is 0. The van der Waals surface area contributed by atoms with Crippen LogP contribution in [-0.2, 0) is 0 Å². The fraction of sp³-hybridized carbons (Fsp3) is 1.00. The minimum absolute atomic E-state index is 0.887. The van der Waals surface area contributed by atoms with Gasteiger partial charge < -0.3 is 0 Å². The van der Waals surface area contributed by atoms with Crippen molar-refractivity contribution in [2.45, 2.75) is 46.0 Å². The van der Waals surface area contributed by atoms with E-state index in [4.69, 9.17) is 0 Å². The van der Waals surface area contributed by atoms with Crippen LogP contribution in [0.1, 0.15) is 46.0 Å². The Labute approximate surface area is 87.9 Å². The van der Waals surface area contributed by atoms with Crippen LogP contribution in [0.3, 0.4) is 0 Å². The normalized spacial score (nSPS) is 21.2. The molecular weight excluding hydrogens is 176 g/mol. The second kappa shape index (κ2) is 5.95. The Morgan fingerprint density at radius 2 is 1.85 bits per heavy atom. The summed E-state index contributed by atoms with van der Waals surface area (Å²) in [6, 6.07) is 0. The molecule has 0 nitrogen and oxygen atoms in total. The number of thioether (sulfide) groups is 1. The summed E-state index contributed by atoms with van der Waals surface area (Å²) in [5.74, 6) is 4.35. The Hall–Kier alpha value is 0.350. The van der Waals surface area contributed by atoms with Crippen LogP contribution in [-0.4, -0.2) is 12.0 Å². The molecule has 1 unspecified atom stereocenters. The second-order valence-electron chi connectivity index (χ2n) is 4.89. The van der Waals surface area contributed by atoms with Crippen molar-refractivity contribution >= 4 is 11.8 Å². The molecule has 0 bridgehead atoms. The molecule has 1 atom stereocenters. The van der Waals surface area contributed by atoms with Gasteiger partial charge in [0.25, 0.3) is 0 Å². The maximum Gasteiger partial charge on any atom is -0.00392 e. The van der Waals surface area contributed by atoms with Gasteiger partial charge in [-0.3, -0.25) is 0 Å². The number of rotatable bonds is 5. The minimum Gasteiger partial charge on any atom is -0.165 e. The molecule has 13 heavy (non-hydrogen) atoms. The molecule has 0 radical (unpaired) electrons. The minimum atomic E-state index is 0.887. The molecule has 1 rings (SSSR count). The average Bonchev–Trinajstić information content (AvgIpc) is 2.54. The van der Waals surface area contributed by atoms with Crippen molar-refractivity contribution in [2.24, 2.45) is 17.8 Å². The van der Waals surface area contributed by atoms with Crippen LogP contribution in [0.15, 0.2) is 0 Å². The average molecular weight is 200 g/mol. The Morgan fingerprint density at radius 3 is 2.31 bits per heavy atom. The molecule has 0 spiro atoms. The fourth-order valence-electron chi connectivity index (χ4n) is 2.64. The molecule has 78 valence electrons. The van der Waals surface area contributed by atoms with Gasteiger partial charge in [-0.15, -0.1) is 0 Å². The molecule has 0 amide bonds. The van der Waals surface area contributed by atoms with E-state index >= 15 is 0 Å². The van der Waals surface area contributed by atoms with Gasteiger partial charge in [0.2, 0.25) is 0 Å². The first-order valence-electron chi connectivity index (χ1n) is 5.73. The lowest BCUT2D eigenvalue weighted by molar-refractivity contribution is 0.314. The second-order valence-corrected chi connectivity index (χ2v) is 5.80. The molecular formula is C12H24S. The summed E-state index contributed by atoms with van der Waals surface area (Å²) in [6.45, 7) is 4.73. The first-order chi connectivity index (χ1) is 6.24. The van der Waals surface area contributed by atoms with Gasteiger partial charge in [0.05, 0.1) is 0 Å². The zero-order chi connectivity index (χ0) is 9.68. The highest BCUT2D eigenvalue weighted by Gasteiger charge is 2.24. The van der Waals surface area contributed by atoms with E-state index in [1.54, 1.807) is 0 Å². The van der Waals surface area contributed by atoms with Crippen LogP contribution in [0.2, 0.25) is 0 Å². The lowest BCUT2D eigenvalue weighted by Crippen LogP contribution is -2.16. The fourth-order valence-corrected chi connectivity index (χ4v) is 3.48. The Balaban J connectivity index is 2.35. The van der Waals surface area contributed by atoms with Gasteiger partial charge in [0.1, 0.15) is 0 Å². The first kappa shape index (κ1) is 11.4. The summed E-state index contributed by atoms with van der Waals surface area (Å²) in [5, 5.41) is 0. The van der Waals surface area contributed by atoms with Crippen molar-refractivity contribution in [3.63, 3.8) is 0 Å². The molecule has 0 heterocycles. The van der Waals surface area contributed by atoms with Gasteiger partial charge in [-0.2, -0.15) is 11.8 Å². The van der Waals surface area contributed by atoms with Crippen molar-refractivity contribution in [1.82, 2.24) is 0 Å². The van der Waals surface area contributed by atoms with E-state index in [1.807, 2.05) is 11.8 Å². The van der Waals surface area contributed by atoms with E-state index in [1.165, 1.54) is 37.9 Å². The van der Waals surface area contributed by atoms with E-state index in [0.717, 1.165) is 17.8 Å². The van der Waals surface area contributed by atoms with E-state index in [-0.39, 0.29) is 0 Å². The van der Waals surface area contributed by atoms with Gasteiger partial charge >= 0.3 is 0 Å². The predicted molar refractivity (Wildman–Crippen MR) is 63.3 cm³/mol. The molecule has 1 aliphatic rings. The van der Waals surface area contributed by atoms with Crippen LogP contribution in [0.5, 0.6) is 0 Å². The maximum absolute atomic E-state index is 2.36. The first-order valence-corrected chi connectivity index (χ1v) is 7.12. The van der Waals surface area contributed by atoms with Crippen LogP contribution in [0, 0.1) is 17.8 Å². The molecule has 0 aromatic carbocycles. The Kier molecular flexibility index (Phi) is 5.23. The largest absolute Gasteiger partial charge is 0.165 e. The summed E-state index contributed by atoms with van der Waals surface area (Å²) in [4.78, 5) is 0. The van der Waals surface area contributed by atoms with Crippen molar-refractivity contribution in [2.75, 3.05) is 12.0 Å². The molecule has 0 aliphatic heterocycles. The monoisotopic (exact) mass is 200 g/mol. The van der Waals surface area contributed by atoms with Crippen molar-refractivity contribution < 1.29 is 0 Å². The molecule has 1 saturated carbocycles. The lowest BCUT2D eigenvalue weighted by Gasteiger charge is -2.24. The van der Waals surface area contributed by atoms with Crippen molar-refractivity contribution in [1.29, 1.82) is 0 Å². The van der Waals surface area contributed by atoms with E-state index in [2.05, 4.69) is 20.1 Å². The number of hydrogen-bond acceptors (Lipinski definition) is 1. The summed E-state index contributed by atoms with van der Waals surface area (Å²) < 4.78 is 0. The predicted octanol–water partition coefficient (Wildman–Crippen LogP) is 4.20. The molecule has 1 fully saturated rings. The van der Waals surface area contributed by atoms with Gasteiger partial charge in [0.15, 0.2) is 0 Å².